The number of nitrogens with zero attached hydrogens (tertiary/aromatic N) is 3. The first kappa shape index (κ1) is 9.66. The molecule has 1 aromatic rings. The van der Waals surface area contributed by atoms with E-state index >= 15 is 0 Å². The molecule has 1 rings (SSSR count). The number of hydrogen-bond donors (Lipinski definition) is 0. The molecule has 0 aliphatic rings. The Balaban J connectivity index is 3.10. The summed E-state index contributed by atoms with van der Waals surface area (Å²) >= 11 is 5.41. The Morgan fingerprint density at radius 1 is 1.77 bits per heavy atom. The molecule has 0 radical (unpaired) electrons. The molecule has 0 saturated carbocycles. The molecule has 13 heavy (non-hydrogen) atoms. The summed E-state index contributed by atoms with van der Waals surface area (Å²) in [5.41, 5.74) is -0.342. The number of aldehydes is 1. The van der Waals surface area contributed by atoms with E-state index in [1.165, 1.54) is 4.68 Å². The zero-order valence-corrected chi connectivity index (χ0v) is 7.27. The predicted octanol–water partition coefficient (Wildman–Crippen LogP) is 0.843. The maximum absolute atomic E-state index is 10.5. The van der Waals surface area contributed by atoms with Crippen LogP contribution in [0.3, 0.4) is 0 Å². The molecule has 0 fully saturated rings. The van der Waals surface area contributed by atoms with Gasteiger partial charge in [0.25, 0.3) is 0 Å². The molecular formula is C6H6ClN3O3. The average Bonchev–Trinajstić information content (AvgIpc) is 2.48. The van der Waals surface area contributed by atoms with E-state index < -0.39 is 4.92 Å². The van der Waals surface area contributed by atoms with Gasteiger partial charge in [0.05, 0.1) is 11.5 Å². The molecule has 0 saturated heterocycles. The zero-order valence-electron chi connectivity index (χ0n) is 6.51. The first-order chi connectivity index (χ1) is 6.20. The Kier molecular flexibility index (Phi) is 2.97. The number of carbonyl (C=O) groups excluding carboxylic acids is 1. The molecule has 0 aromatic carbocycles. The van der Waals surface area contributed by atoms with Crippen molar-refractivity contribution in [3.63, 3.8) is 0 Å². The molecule has 6 nitrogen and oxygen atoms in total. The van der Waals surface area contributed by atoms with Gasteiger partial charge in [-0.2, -0.15) is 5.10 Å². The van der Waals surface area contributed by atoms with E-state index in [1.807, 2.05) is 0 Å². The van der Waals surface area contributed by atoms with Crippen molar-refractivity contribution in [2.75, 3.05) is 5.88 Å². The van der Waals surface area contributed by atoms with E-state index in [0.717, 1.165) is 6.20 Å². The number of aryl methyl sites for hydroxylation is 1. The minimum absolute atomic E-state index is 0.0503. The summed E-state index contributed by atoms with van der Waals surface area (Å²) in [6.07, 6.45) is 1.44. The first-order valence-electron chi connectivity index (χ1n) is 3.42. The molecule has 0 aliphatic carbocycles. The van der Waals surface area contributed by atoms with Crippen molar-refractivity contribution in [2.45, 2.75) is 6.54 Å². The van der Waals surface area contributed by atoms with Crippen LogP contribution in [-0.2, 0) is 6.54 Å². The fraction of sp³-hybridized carbons (Fsp3) is 0.333. The summed E-state index contributed by atoms with van der Waals surface area (Å²) in [5.74, 6) is 0.250. The van der Waals surface area contributed by atoms with Crippen molar-refractivity contribution in [1.29, 1.82) is 0 Å². The van der Waals surface area contributed by atoms with Crippen molar-refractivity contribution in [3.8, 4) is 0 Å². The van der Waals surface area contributed by atoms with Gasteiger partial charge in [-0.15, -0.1) is 11.6 Å². The first-order valence-corrected chi connectivity index (χ1v) is 3.95. The highest BCUT2D eigenvalue weighted by Crippen LogP contribution is 2.15. The predicted molar refractivity (Wildman–Crippen MR) is 45.0 cm³/mol. The molecule has 0 unspecified atom stereocenters. The number of carbonyl (C=O) groups is 1. The molecule has 70 valence electrons. The van der Waals surface area contributed by atoms with Crippen molar-refractivity contribution >= 4 is 23.6 Å². The van der Waals surface area contributed by atoms with Gasteiger partial charge in [0.1, 0.15) is 6.20 Å². The van der Waals surface area contributed by atoms with Crippen molar-refractivity contribution in [2.24, 2.45) is 0 Å². The molecule has 1 heterocycles. The van der Waals surface area contributed by atoms with Gasteiger partial charge in [-0.05, 0) is 0 Å². The minimum atomic E-state index is -0.651. The fourth-order valence-corrected chi connectivity index (χ4v) is 1.07. The van der Waals surface area contributed by atoms with Crippen LogP contribution in [0.2, 0.25) is 0 Å². The van der Waals surface area contributed by atoms with Crippen molar-refractivity contribution in [3.05, 3.63) is 22.0 Å². The molecule has 7 heteroatoms. The molecular weight excluding hydrogens is 198 g/mol. The van der Waals surface area contributed by atoms with Crippen LogP contribution in [-0.4, -0.2) is 26.9 Å². The van der Waals surface area contributed by atoms with Crippen LogP contribution in [0.1, 0.15) is 10.5 Å². The summed E-state index contributed by atoms with van der Waals surface area (Å²) in [6.45, 7) is 0.281. The summed E-state index contributed by atoms with van der Waals surface area (Å²) in [7, 11) is 0. The summed E-state index contributed by atoms with van der Waals surface area (Å²) in [5, 5.41) is 14.0. The van der Waals surface area contributed by atoms with Crippen LogP contribution >= 0.6 is 11.6 Å². The van der Waals surface area contributed by atoms with Gasteiger partial charge in [-0.3, -0.25) is 19.6 Å². The van der Waals surface area contributed by atoms with Gasteiger partial charge >= 0.3 is 5.69 Å². The van der Waals surface area contributed by atoms with Crippen LogP contribution in [0.5, 0.6) is 0 Å². The molecule has 0 amide bonds. The number of nitro groups is 1. The Hall–Kier alpha value is -1.43. The number of rotatable bonds is 4. The third-order valence-electron chi connectivity index (χ3n) is 1.46. The minimum Gasteiger partial charge on any atom is -0.296 e. The maximum Gasteiger partial charge on any atom is 0.317 e. The van der Waals surface area contributed by atoms with E-state index in [2.05, 4.69) is 5.10 Å². The lowest BCUT2D eigenvalue weighted by atomic mass is 10.4. The Morgan fingerprint density at radius 2 is 2.46 bits per heavy atom. The lowest BCUT2D eigenvalue weighted by Crippen LogP contribution is -2.06. The number of halogens is 1. The Labute approximate surface area is 78.3 Å². The van der Waals surface area contributed by atoms with Gasteiger partial charge < -0.3 is 0 Å². The van der Waals surface area contributed by atoms with Crippen molar-refractivity contribution < 1.29 is 9.72 Å². The summed E-state index contributed by atoms with van der Waals surface area (Å²) in [6, 6.07) is 0. The van der Waals surface area contributed by atoms with Gasteiger partial charge in [0.15, 0.2) is 12.0 Å². The van der Waals surface area contributed by atoms with Gasteiger partial charge in [0, 0.05) is 5.88 Å². The molecule has 0 N–H and O–H groups in total. The Morgan fingerprint density at radius 3 is 2.92 bits per heavy atom. The van der Waals surface area contributed by atoms with E-state index in [4.69, 9.17) is 11.6 Å². The highest BCUT2D eigenvalue weighted by Gasteiger charge is 2.18. The monoisotopic (exact) mass is 203 g/mol. The van der Waals surface area contributed by atoms with E-state index in [9.17, 15) is 14.9 Å². The van der Waals surface area contributed by atoms with Crippen LogP contribution in [0.4, 0.5) is 5.69 Å². The Bertz CT molecular complexity index is 336. The van der Waals surface area contributed by atoms with Crippen LogP contribution in [0.15, 0.2) is 6.20 Å². The van der Waals surface area contributed by atoms with E-state index in [-0.39, 0.29) is 23.8 Å². The fourth-order valence-electron chi connectivity index (χ4n) is 0.905. The van der Waals surface area contributed by atoms with Gasteiger partial charge in [-0.1, -0.05) is 0 Å². The van der Waals surface area contributed by atoms with Gasteiger partial charge in [-0.25, -0.2) is 0 Å². The number of hydrogen-bond acceptors (Lipinski definition) is 4. The number of alkyl halides is 1. The standard InChI is InChI=1S/C6H6ClN3O3/c7-1-2-9-6(4-11)5(3-8-9)10(12)13/h3-4H,1-2H2. The molecule has 0 spiro atoms. The quantitative estimate of drug-likeness (QED) is 0.314. The largest absolute Gasteiger partial charge is 0.317 e. The third kappa shape index (κ3) is 1.83. The third-order valence-corrected chi connectivity index (χ3v) is 1.63. The highest BCUT2D eigenvalue weighted by molar-refractivity contribution is 6.17. The normalized spacial score (nSPS) is 9.92. The maximum atomic E-state index is 10.5. The molecule has 0 aliphatic heterocycles. The topological polar surface area (TPSA) is 78.0 Å². The lowest BCUT2D eigenvalue weighted by Gasteiger charge is -1.96. The second kappa shape index (κ2) is 3.99. The average molecular weight is 204 g/mol. The van der Waals surface area contributed by atoms with E-state index in [0.29, 0.717) is 6.29 Å². The van der Waals surface area contributed by atoms with E-state index in [1.54, 1.807) is 0 Å². The smallest absolute Gasteiger partial charge is 0.296 e. The van der Waals surface area contributed by atoms with Crippen LogP contribution < -0.4 is 0 Å². The van der Waals surface area contributed by atoms with Crippen LogP contribution in [0, 0.1) is 10.1 Å². The second-order valence-corrected chi connectivity index (χ2v) is 2.58. The summed E-state index contributed by atoms with van der Waals surface area (Å²) < 4.78 is 1.21. The second-order valence-electron chi connectivity index (χ2n) is 2.20. The highest BCUT2D eigenvalue weighted by atomic mass is 35.5. The zero-order chi connectivity index (χ0) is 9.84. The number of aromatic nitrogens is 2. The SMILES string of the molecule is O=Cc1c([N+](=O)[O-])cnn1CCCl. The lowest BCUT2D eigenvalue weighted by molar-refractivity contribution is -0.385. The molecule has 1 aromatic heterocycles. The molecule has 0 bridgehead atoms. The van der Waals surface area contributed by atoms with Crippen LogP contribution in [0.25, 0.3) is 0 Å². The van der Waals surface area contributed by atoms with Gasteiger partial charge in [0.2, 0.25) is 0 Å². The molecule has 0 atom stereocenters. The van der Waals surface area contributed by atoms with Crippen molar-refractivity contribution in [1.82, 2.24) is 9.78 Å². The summed E-state index contributed by atoms with van der Waals surface area (Å²) in [4.78, 5) is 20.2.